The molecule has 0 aliphatic rings. The van der Waals surface area contributed by atoms with Crippen LogP contribution in [0.4, 0.5) is 5.69 Å². The van der Waals surface area contributed by atoms with Gasteiger partial charge in [0.2, 0.25) is 6.10 Å². The van der Waals surface area contributed by atoms with Crippen LogP contribution in [-0.4, -0.2) is 30.7 Å². The minimum Gasteiger partial charge on any atom is -0.504 e. The first-order valence-corrected chi connectivity index (χ1v) is 10.3. The fraction of sp³-hybridized carbons (Fsp3) is 0.154. The quantitative estimate of drug-likeness (QED) is 0.364. The summed E-state index contributed by atoms with van der Waals surface area (Å²) in [5.41, 5.74) is 1.62. The predicted molar refractivity (Wildman–Crippen MR) is 125 cm³/mol. The maximum absolute atomic E-state index is 13.1. The van der Waals surface area contributed by atoms with Crippen molar-refractivity contribution in [3.8, 4) is 17.2 Å². The first-order valence-electron chi connectivity index (χ1n) is 10.3. The summed E-state index contributed by atoms with van der Waals surface area (Å²) in [5, 5.41) is 12.5. The highest BCUT2D eigenvalue weighted by Gasteiger charge is 2.25. The third-order valence-corrected chi connectivity index (χ3v) is 4.63. The molecule has 0 saturated heterocycles. The molecule has 3 aromatic rings. The molecule has 0 fully saturated rings. The number of ether oxygens (including phenoxy) is 3. The summed E-state index contributed by atoms with van der Waals surface area (Å²) in [7, 11) is 1.43. The number of amides is 1. The van der Waals surface area contributed by atoms with Crippen LogP contribution in [0.2, 0.25) is 0 Å². The summed E-state index contributed by atoms with van der Waals surface area (Å²) in [4.78, 5) is 25.6. The maximum atomic E-state index is 13.1. The first kappa shape index (κ1) is 23.4. The van der Waals surface area contributed by atoms with Gasteiger partial charge in [0.1, 0.15) is 5.75 Å². The highest BCUT2D eigenvalue weighted by Crippen LogP contribution is 2.28. The Bertz CT molecular complexity index is 1130. The number of carbonyl (C=O) groups is 2. The second kappa shape index (κ2) is 11.4. The molecule has 0 heterocycles. The number of benzene rings is 3. The van der Waals surface area contributed by atoms with Gasteiger partial charge in [-0.3, -0.25) is 4.79 Å². The number of para-hydroxylation sites is 2. The molecule has 33 heavy (non-hydrogen) atoms. The number of rotatable bonds is 9. The van der Waals surface area contributed by atoms with Crippen molar-refractivity contribution >= 4 is 23.6 Å². The second-order valence-corrected chi connectivity index (χ2v) is 6.91. The first-order chi connectivity index (χ1) is 16.0. The second-order valence-electron chi connectivity index (χ2n) is 6.91. The SMILES string of the molecule is CCOc1ccccc1NC(=O)[C@@H](OC(=O)/C=C/c1ccc(O)c(OC)c1)c1ccccc1. The largest absolute Gasteiger partial charge is 0.504 e. The van der Waals surface area contributed by atoms with Crippen LogP contribution in [-0.2, 0) is 14.3 Å². The molecule has 0 unspecified atom stereocenters. The van der Waals surface area contributed by atoms with Gasteiger partial charge < -0.3 is 24.6 Å². The minimum atomic E-state index is -1.17. The minimum absolute atomic E-state index is 0.00891. The number of carbonyl (C=O) groups excluding carboxylic acids is 2. The van der Waals surface area contributed by atoms with E-state index in [0.29, 0.717) is 29.2 Å². The smallest absolute Gasteiger partial charge is 0.331 e. The molecule has 0 aromatic heterocycles. The van der Waals surface area contributed by atoms with Crippen molar-refractivity contribution in [3.05, 3.63) is 90.0 Å². The van der Waals surface area contributed by atoms with E-state index in [0.717, 1.165) is 0 Å². The van der Waals surface area contributed by atoms with Gasteiger partial charge in [-0.25, -0.2) is 4.79 Å². The summed E-state index contributed by atoms with van der Waals surface area (Å²) in [6, 6.07) is 20.4. The van der Waals surface area contributed by atoms with E-state index in [9.17, 15) is 14.7 Å². The number of anilines is 1. The van der Waals surface area contributed by atoms with E-state index in [-0.39, 0.29) is 11.5 Å². The van der Waals surface area contributed by atoms with Crippen LogP contribution in [0.5, 0.6) is 17.2 Å². The van der Waals surface area contributed by atoms with E-state index in [1.165, 1.54) is 25.3 Å². The number of phenolic OH excluding ortho intramolecular Hbond substituents is 1. The Morgan fingerprint density at radius 3 is 2.45 bits per heavy atom. The highest BCUT2D eigenvalue weighted by molar-refractivity contribution is 5.98. The zero-order valence-corrected chi connectivity index (χ0v) is 18.4. The lowest BCUT2D eigenvalue weighted by atomic mass is 10.1. The van der Waals surface area contributed by atoms with Gasteiger partial charge in [0.25, 0.3) is 5.91 Å². The molecular weight excluding hydrogens is 422 g/mol. The van der Waals surface area contributed by atoms with Gasteiger partial charge in [-0.15, -0.1) is 0 Å². The Labute approximate surface area is 192 Å². The molecule has 1 amide bonds. The number of phenols is 1. The van der Waals surface area contributed by atoms with Gasteiger partial charge in [-0.05, 0) is 42.8 Å². The zero-order valence-electron chi connectivity index (χ0n) is 18.4. The normalized spacial score (nSPS) is 11.6. The Morgan fingerprint density at radius 1 is 1.00 bits per heavy atom. The zero-order chi connectivity index (χ0) is 23.6. The fourth-order valence-electron chi connectivity index (χ4n) is 3.07. The van der Waals surface area contributed by atoms with Crippen molar-refractivity contribution in [2.24, 2.45) is 0 Å². The third kappa shape index (κ3) is 6.36. The molecule has 1 atom stereocenters. The number of esters is 1. The van der Waals surface area contributed by atoms with E-state index in [2.05, 4.69) is 5.32 Å². The average Bonchev–Trinajstić information content (AvgIpc) is 2.84. The molecule has 2 N–H and O–H groups in total. The Kier molecular flexibility index (Phi) is 8.07. The number of nitrogens with one attached hydrogen (secondary N) is 1. The van der Waals surface area contributed by atoms with Crippen LogP contribution in [0.15, 0.2) is 78.9 Å². The van der Waals surface area contributed by atoms with Crippen molar-refractivity contribution in [2.45, 2.75) is 13.0 Å². The van der Waals surface area contributed by atoms with Crippen molar-refractivity contribution < 1.29 is 28.9 Å². The molecule has 0 aliphatic carbocycles. The number of hydrogen-bond acceptors (Lipinski definition) is 6. The lowest BCUT2D eigenvalue weighted by Crippen LogP contribution is -2.25. The van der Waals surface area contributed by atoms with Gasteiger partial charge >= 0.3 is 5.97 Å². The molecule has 170 valence electrons. The Morgan fingerprint density at radius 2 is 1.73 bits per heavy atom. The van der Waals surface area contributed by atoms with Gasteiger partial charge in [0.05, 0.1) is 19.4 Å². The molecule has 0 saturated carbocycles. The third-order valence-electron chi connectivity index (χ3n) is 4.63. The maximum Gasteiger partial charge on any atom is 0.331 e. The molecule has 3 aromatic carbocycles. The number of aromatic hydroxyl groups is 1. The van der Waals surface area contributed by atoms with Crippen LogP contribution in [0.25, 0.3) is 6.08 Å². The van der Waals surface area contributed by atoms with Crippen molar-refractivity contribution in [3.63, 3.8) is 0 Å². The lowest BCUT2D eigenvalue weighted by molar-refractivity contribution is -0.149. The van der Waals surface area contributed by atoms with Gasteiger partial charge in [-0.2, -0.15) is 0 Å². The monoisotopic (exact) mass is 447 g/mol. The molecule has 0 spiro atoms. The van der Waals surface area contributed by atoms with Crippen LogP contribution >= 0.6 is 0 Å². The van der Waals surface area contributed by atoms with Gasteiger partial charge in [-0.1, -0.05) is 48.5 Å². The predicted octanol–water partition coefficient (Wildman–Crippen LogP) is 4.74. The number of hydrogen-bond donors (Lipinski definition) is 2. The standard InChI is InChI=1S/C26H25NO6/c1-3-32-22-12-8-7-11-20(22)27-26(30)25(19-9-5-4-6-10-19)33-24(29)16-14-18-13-15-21(28)23(17-18)31-2/h4-17,25,28H,3H2,1-2H3,(H,27,30)/b16-14+/t25-/m0/s1. The average molecular weight is 447 g/mol. The summed E-state index contributed by atoms with van der Waals surface area (Å²) >= 11 is 0. The van der Waals surface area contributed by atoms with Crippen LogP contribution in [0, 0.1) is 0 Å². The van der Waals surface area contributed by atoms with E-state index < -0.39 is 18.0 Å². The fourth-order valence-corrected chi connectivity index (χ4v) is 3.07. The molecule has 7 nitrogen and oxygen atoms in total. The van der Waals surface area contributed by atoms with Crippen molar-refractivity contribution in [1.82, 2.24) is 0 Å². The van der Waals surface area contributed by atoms with E-state index in [1.807, 2.05) is 13.0 Å². The molecule has 0 radical (unpaired) electrons. The van der Waals surface area contributed by atoms with Gasteiger partial charge in [0.15, 0.2) is 11.5 Å². The Hall–Kier alpha value is -4.26. The summed E-state index contributed by atoms with van der Waals surface area (Å²) in [6.45, 7) is 2.29. The molecule has 0 aliphatic heterocycles. The van der Waals surface area contributed by atoms with Crippen LogP contribution < -0.4 is 14.8 Å². The topological polar surface area (TPSA) is 94.1 Å². The number of methoxy groups -OCH3 is 1. The molecule has 0 bridgehead atoms. The summed E-state index contributed by atoms with van der Waals surface area (Å²) < 4.78 is 16.1. The lowest BCUT2D eigenvalue weighted by Gasteiger charge is -2.18. The van der Waals surface area contributed by atoms with Crippen LogP contribution in [0.3, 0.4) is 0 Å². The molecule has 7 heteroatoms. The van der Waals surface area contributed by atoms with E-state index in [4.69, 9.17) is 14.2 Å². The highest BCUT2D eigenvalue weighted by atomic mass is 16.5. The summed E-state index contributed by atoms with van der Waals surface area (Å²) in [6.07, 6.45) is 1.55. The summed E-state index contributed by atoms with van der Waals surface area (Å²) in [5.74, 6) is -0.427. The van der Waals surface area contributed by atoms with Crippen molar-refractivity contribution in [1.29, 1.82) is 0 Å². The van der Waals surface area contributed by atoms with E-state index in [1.54, 1.807) is 60.7 Å². The van der Waals surface area contributed by atoms with Crippen molar-refractivity contribution in [2.75, 3.05) is 19.0 Å². The molecular formula is C26H25NO6. The van der Waals surface area contributed by atoms with Gasteiger partial charge in [0, 0.05) is 11.6 Å². The molecule has 3 rings (SSSR count). The van der Waals surface area contributed by atoms with E-state index >= 15 is 0 Å². The Balaban J connectivity index is 1.79. The van der Waals surface area contributed by atoms with Crippen LogP contribution in [0.1, 0.15) is 24.2 Å².